The minimum absolute atomic E-state index is 0. The molecule has 0 atom stereocenters. The SMILES string of the molecule is CCNC(=NCc1ccc(S(N)(=O)=O)cc1)NCC1(c2cccs2)CCCCC1.I. The second-order valence-corrected chi connectivity index (χ2v) is 10.1. The molecule has 2 aromatic rings. The summed E-state index contributed by atoms with van der Waals surface area (Å²) in [4.78, 5) is 6.26. The molecule has 1 saturated carbocycles. The van der Waals surface area contributed by atoms with E-state index in [1.807, 2.05) is 18.3 Å². The van der Waals surface area contributed by atoms with E-state index in [0.717, 1.165) is 24.6 Å². The van der Waals surface area contributed by atoms with Crippen molar-refractivity contribution in [3.05, 3.63) is 52.2 Å². The molecule has 1 aliphatic carbocycles. The van der Waals surface area contributed by atoms with Crippen molar-refractivity contribution in [3.63, 3.8) is 0 Å². The predicted octanol–water partition coefficient (Wildman–Crippen LogP) is 3.97. The van der Waals surface area contributed by atoms with Gasteiger partial charge in [-0.05, 0) is 48.9 Å². The molecule has 9 heteroatoms. The van der Waals surface area contributed by atoms with E-state index in [9.17, 15) is 8.42 Å². The molecule has 30 heavy (non-hydrogen) atoms. The maximum absolute atomic E-state index is 11.4. The third-order valence-corrected chi connectivity index (χ3v) is 7.51. The van der Waals surface area contributed by atoms with E-state index in [4.69, 9.17) is 5.14 Å². The van der Waals surface area contributed by atoms with Crippen molar-refractivity contribution < 1.29 is 8.42 Å². The standard InChI is InChI=1S/C21H30N4O2S2.HI/c1-2-23-20(24-15-17-8-10-18(11-9-17)29(22,26)27)25-16-21(12-4-3-5-13-21)19-7-6-14-28-19;/h6-11,14H,2-5,12-13,15-16H2,1H3,(H2,22,26,27)(H2,23,24,25);1H. The fourth-order valence-electron chi connectivity index (χ4n) is 3.87. The monoisotopic (exact) mass is 562 g/mol. The summed E-state index contributed by atoms with van der Waals surface area (Å²) in [5, 5.41) is 14.2. The lowest BCUT2D eigenvalue weighted by Crippen LogP contribution is -2.46. The van der Waals surface area contributed by atoms with Crippen molar-refractivity contribution in [2.24, 2.45) is 10.1 Å². The number of primary sulfonamides is 1. The lowest BCUT2D eigenvalue weighted by molar-refractivity contribution is 0.296. The number of nitrogens with zero attached hydrogens (tertiary/aromatic N) is 1. The molecule has 0 saturated heterocycles. The molecule has 0 bridgehead atoms. The molecule has 0 radical (unpaired) electrons. The maximum atomic E-state index is 11.4. The van der Waals surface area contributed by atoms with Gasteiger partial charge in [-0.15, -0.1) is 35.3 Å². The van der Waals surface area contributed by atoms with Crippen molar-refractivity contribution in [3.8, 4) is 0 Å². The molecule has 1 fully saturated rings. The zero-order chi connectivity index (χ0) is 20.7. The first-order chi connectivity index (χ1) is 13.9. The number of hydrogen-bond acceptors (Lipinski definition) is 4. The molecular formula is C21H31IN4O2S2. The Hall–Kier alpha value is -1.17. The van der Waals surface area contributed by atoms with Gasteiger partial charge in [-0.2, -0.15) is 0 Å². The van der Waals surface area contributed by atoms with E-state index in [1.165, 1.54) is 49.1 Å². The lowest BCUT2D eigenvalue weighted by Gasteiger charge is -2.37. The van der Waals surface area contributed by atoms with Gasteiger partial charge < -0.3 is 10.6 Å². The molecule has 3 rings (SSSR count). The van der Waals surface area contributed by atoms with E-state index in [2.05, 4.69) is 33.1 Å². The molecular weight excluding hydrogens is 531 g/mol. The van der Waals surface area contributed by atoms with Crippen LogP contribution >= 0.6 is 35.3 Å². The minimum atomic E-state index is -3.67. The van der Waals surface area contributed by atoms with Gasteiger partial charge in [-0.25, -0.2) is 18.5 Å². The number of sulfonamides is 1. The Morgan fingerprint density at radius 3 is 2.40 bits per heavy atom. The van der Waals surface area contributed by atoms with Crippen LogP contribution in [-0.4, -0.2) is 27.5 Å². The zero-order valence-corrected chi connectivity index (χ0v) is 21.2. The largest absolute Gasteiger partial charge is 0.357 e. The fourth-order valence-corrected chi connectivity index (χ4v) is 5.37. The van der Waals surface area contributed by atoms with Crippen LogP contribution in [-0.2, 0) is 22.0 Å². The highest BCUT2D eigenvalue weighted by Gasteiger charge is 2.34. The second-order valence-electron chi connectivity index (χ2n) is 7.56. The maximum Gasteiger partial charge on any atom is 0.238 e. The van der Waals surface area contributed by atoms with Crippen molar-refractivity contribution in [2.45, 2.75) is 55.9 Å². The average Bonchev–Trinajstić information content (AvgIpc) is 3.26. The normalized spacial score (nSPS) is 16.5. The number of hydrogen-bond donors (Lipinski definition) is 3. The summed E-state index contributed by atoms with van der Waals surface area (Å²) in [6.45, 7) is 4.16. The summed E-state index contributed by atoms with van der Waals surface area (Å²) < 4.78 is 22.8. The molecule has 166 valence electrons. The van der Waals surface area contributed by atoms with E-state index in [0.29, 0.717) is 6.54 Å². The second kappa shape index (κ2) is 11.4. The molecule has 1 aliphatic rings. The van der Waals surface area contributed by atoms with E-state index < -0.39 is 10.0 Å². The summed E-state index contributed by atoms with van der Waals surface area (Å²) in [6.07, 6.45) is 6.26. The van der Waals surface area contributed by atoms with Crippen LogP contribution in [0.3, 0.4) is 0 Å². The number of halogens is 1. The predicted molar refractivity (Wildman–Crippen MR) is 135 cm³/mol. The van der Waals surface area contributed by atoms with Crippen molar-refractivity contribution >= 4 is 51.3 Å². The molecule has 0 spiro atoms. The van der Waals surface area contributed by atoms with Crippen LogP contribution in [0.25, 0.3) is 0 Å². The zero-order valence-electron chi connectivity index (χ0n) is 17.3. The molecule has 1 aromatic carbocycles. The first-order valence-corrected chi connectivity index (χ1v) is 12.5. The Balaban J connectivity index is 0.00000320. The molecule has 4 N–H and O–H groups in total. The summed E-state index contributed by atoms with van der Waals surface area (Å²) in [6, 6.07) is 10.9. The molecule has 0 amide bonds. The van der Waals surface area contributed by atoms with Gasteiger partial charge in [-0.1, -0.05) is 37.5 Å². The highest BCUT2D eigenvalue weighted by molar-refractivity contribution is 14.0. The molecule has 0 unspecified atom stereocenters. The van der Waals surface area contributed by atoms with E-state index >= 15 is 0 Å². The minimum Gasteiger partial charge on any atom is -0.357 e. The fraction of sp³-hybridized carbons (Fsp3) is 0.476. The Morgan fingerprint density at radius 2 is 1.83 bits per heavy atom. The summed E-state index contributed by atoms with van der Waals surface area (Å²) in [7, 11) is -3.67. The van der Waals surface area contributed by atoms with Crippen molar-refractivity contribution in [1.82, 2.24) is 10.6 Å². The molecule has 0 aliphatic heterocycles. The van der Waals surface area contributed by atoms with Crippen LogP contribution in [0, 0.1) is 0 Å². The van der Waals surface area contributed by atoms with Gasteiger partial charge in [0, 0.05) is 23.4 Å². The van der Waals surface area contributed by atoms with Crippen LogP contribution in [0.5, 0.6) is 0 Å². The van der Waals surface area contributed by atoms with E-state index in [-0.39, 0.29) is 34.3 Å². The molecule has 1 heterocycles. The highest BCUT2D eigenvalue weighted by Crippen LogP contribution is 2.41. The van der Waals surface area contributed by atoms with Gasteiger partial charge in [0.2, 0.25) is 10.0 Å². The number of rotatable bonds is 7. The number of nitrogens with one attached hydrogen (secondary N) is 2. The number of guanidine groups is 1. The Bertz CT molecular complexity index is 907. The van der Waals surface area contributed by atoms with Crippen LogP contribution in [0.15, 0.2) is 51.7 Å². The van der Waals surface area contributed by atoms with Gasteiger partial charge in [0.1, 0.15) is 0 Å². The molecule has 6 nitrogen and oxygen atoms in total. The average molecular weight is 563 g/mol. The lowest BCUT2D eigenvalue weighted by atomic mass is 9.73. The summed E-state index contributed by atoms with van der Waals surface area (Å²) in [5.74, 6) is 0.782. The summed E-state index contributed by atoms with van der Waals surface area (Å²) in [5.41, 5.74) is 1.11. The van der Waals surface area contributed by atoms with Gasteiger partial charge >= 0.3 is 0 Å². The smallest absolute Gasteiger partial charge is 0.238 e. The number of thiophene rings is 1. The van der Waals surface area contributed by atoms with Gasteiger partial charge in [0.15, 0.2) is 5.96 Å². The third kappa shape index (κ3) is 6.66. The topological polar surface area (TPSA) is 96.6 Å². The van der Waals surface area contributed by atoms with E-state index in [1.54, 1.807) is 12.1 Å². The Kier molecular flexibility index (Phi) is 9.58. The number of nitrogens with two attached hydrogens (primary N) is 1. The van der Waals surface area contributed by atoms with Gasteiger partial charge in [0.05, 0.1) is 11.4 Å². The van der Waals surface area contributed by atoms with Crippen molar-refractivity contribution in [2.75, 3.05) is 13.1 Å². The highest BCUT2D eigenvalue weighted by atomic mass is 127. The quantitative estimate of drug-likeness (QED) is 0.270. The van der Waals surface area contributed by atoms with Gasteiger partial charge in [0.25, 0.3) is 0 Å². The summed E-state index contributed by atoms with van der Waals surface area (Å²) >= 11 is 1.85. The number of benzene rings is 1. The Labute approximate surface area is 200 Å². The first kappa shape index (κ1) is 25.1. The number of aliphatic imine (C=N–C) groups is 1. The van der Waals surface area contributed by atoms with Crippen LogP contribution < -0.4 is 15.8 Å². The molecule has 1 aromatic heterocycles. The third-order valence-electron chi connectivity index (χ3n) is 5.46. The van der Waals surface area contributed by atoms with Crippen LogP contribution in [0.1, 0.15) is 49.5 Å². The van der Waals surface area contributed by atoms with Crippen molar-refractivity contribution in [1.29, 1.82) is 0 Å². The van der Waals surface area contributed by atoms with Gasteiger partial charge in [-0.3, -0.25) is 0 Å². The first-order valence-electron chi connectivity index (χ1n) is 10.1. The Morgan fingerprint density at radius 1 is 1.13 bits per heavy atom. The van der Waals surface area contributed by atoms with Crippen LogP contribution in [0.2, 0.25) is 0 Å². The van der Waals surface area contributed by atoms with Crippen LogP contribution in [0.4, 0.5) is 0 Å².